The first-order valence-corrected chi connectivity index (χ1v) is 5.46. The smallest absolute Gasteiger partial charge is 0.164 e. The molecule has 2 heteroatoms. The van der Waals surface area contributed by atoms with Crippen LogP contribution in [0.4, 0.5) is 0 Å². The lowest BCUT2D eigenvalue weighted by atomic mass is 9.80. The molecule has 0 atom stereocenters. The van der Waals surface area contributed by atoms with Crippen molar-refractivity contribution in [3.8, 4) is 0 Å². The minimum atomic E-state index is -0.930. The summed E-state index contributed by atoms with van der Waals surface area (Å²) in [4.78, 5) is 11.7. The van der Waals surface area contributed by atoms with Crippen molar-refractivity contribution in [3.63, 3.8) is 0 Å². The van der Waals surface area contributed by atoms with Crippen LogP contribution in [0.25, 0.3) is 0 Å². The summed E-state index contributed by atoms with van der Waals surface area (Å²) >= 11 is 0. The summed E-state index contributed by atoms with van der Waals surface area (Å²) in [6.07, 6.45) is 7.66. The van der Waals surface area contributed by atoms with Gasteiger partial charge in [0.05, 0.1) is 0 Å². The van der Waals surface area contributed by atoms with Gasteiger partial charge in [0.2, 0.25) is 0 Å². The van der Waals surface area contributed by atoms with E-state index in [0.717, 1.165) is 12.8 Å². The number of hydrogen-bond acceptors (Lipinski definition) is 2. The molecular formula is C11H18O2. The van der Waals surface area contributed by atoms with Gasteiger partial charge in [-0.2, -0.15) is 0 Å². The van der Waals surface area contributed by atoms with E-state index in [0.29, 0.717) is 25.2 Å². The van der Waals surface area contributed by atoms with Crippen LogP contribution in [0.2, 0.25) is 0 Å². The molecule has 0 amide bonds. The number of aliphatic hydroxyl groups is 1. The Balaban J connectivity index is 1.90. The van der Waals surface area contributed by atoms with Gasteiger partial charge in [-0.3, -0.25) is 4.79 Å². The topological polar surface area (TPSA) is 37.3 Å². The van der Waals surface area contributed by atoms with E-state index in [1.807, 2.05) is 0 Å². The Morgan fingerprint density at radius 3 is 2.38 bits per heavy atom. The van der Waals surface area contributed by atoms with E-state index < -0.39 is 5.60 Å². The highest BCUT2D eigenvalue weighted by atomic mass is 16.3. The molecule has 0 radical (unpaired) electrons. The van der Waals surface area contributed by atoms with Gasteiger partial charge in [0.25, 0.3) is 0 Å². The first-order chi connectivity index (χ1) is 6.21. The Labute approximate surface area is 79.3 Å². The predicted molar refractivity (Wildman–Crippen MR) is 50.4 cm³/mol. The van der Waals surface area contributed by atoms with Gasteiger partial charge in [-0.15, -0.1) is 0 Å². The Morgan fingerprint density at radius 2 is 1.85 bits per heavy atom. The molecule has 74 valence electrons. The molecule has 1 N–H and O–H groups in total. The van der Waals surface area contributed by atoms with Crippen LogP contribution in [0.15, 0.2) is 0 Å². The average Bonchev–Trinajstić information content (AvgIpc) is 2.89. The minimum absolute atomic E-state index is 0.120. The van der Waals surface area contributed by atoms with Gasteiger partial charge in [-0.05, 0) is 31.6 Å². The third-order valence-corrected chi connectivity index (χ3v) is 3.37. The molecule has 0 aromatic rings. The maximum Gasteiger partial charge on any atom is 0.164 e. The van der Waals surface area contributed by atoms with Gasteiger partial charge in [0.15, 0.2) is 5.78 Å². The summed E-state index contributed by atoms with van der Waals surface area (Å²) in [5, 5.41) is 10.1. The Morgan fingerprint density at radius 1 is 1.23 bits per heavy atom. The predicted octanol–water partition coefficient (Wildman–Crippen LogP) is 2.05. The van der Waals surface area contributed by atoms with Crippen LogP contribution in [0.5, 0.6) is 0 Å². The van der Waals surface area contributed by atoms with E-state index in [1.54, 1.807) is 0 Å². The molecule has 2 saturated carbocycles. The molecule has 2 aliphatic rings. The molecule has 13 heavy (non-hydrogen) atoms. The molecule has 0 bridgehead atoms. The number of hydrogen-bond donors (Lipinski definition) is 1. The average molecular weight is 182 g/mol. The summed E-state index contributed by atoms with van der Waals surface area (Å²) in [5.41, 5.74) is -0.930. The first-order valence-electron chi connectivity index (χ1n) is 5.46. The largest absolute Gasteiger partial charge is 0.382 e. The molecule has 0 aliphatic heterocycles. The van der Waals surface area contributed by atoms with Gasteiger partial charge >= 0.3 is 0 Å². The van der Waals surface area contributed by atoms with Crippen molar-refractivity contribution in [2.24, 2.45) is 5.92 Å². The molecule has 2 nitrogen and oxygen atoms in total. The zero-order valence-corrected chi connectivity index (χ0v) is 8.09. The quantitative estimate of drug-likeness (QED) is 0.725. The van der Waals surface area contributed by atoms with Crippen molar-refractivity contribution >= 4 is 5.78 Å². The SMILES string of the molecule is O=C(CC1CC1)C1(O)CCCCC1. The van der Waals surface area contributed by atoms with Gasteiger partial charge < -0.3 is 5.11 Å². The lowest BCUT2D eigenvalue weighted by Crippen LogP contribution is -2.40. The van der Waals surface area contributed by atoms with Crippen LogP contribution >= 0.6 is 0 Å². The normalized spacial score (nSPS) is 27.2. The lowest BCUT2D eigenvalue weighted by molar-refractivity contribution is -0.140. The fraction of sp³-hybridized carbons (Fsp3) is 0.909. The fourth-order valence-corrected chi connectivity index (χ4v) is 2.19. The van der Waals surface area contributed by atoms with Gasteiger partial charge in [-0.25, -0.2) is 0 Å². The van der Waals surface area contributed by atoms with E-state index in [4.69, 9.17) is 0 Å². The number of rotatable bonds is 3. The third-order valence-electron chi connectivity index (χ3n) is 3.37. The Hall–Kier alpha value is -0.370. The van der Waals surface area contributed by atoms with Crippen LogP contribution in [0, 0.1) is 5.92 Å². The molecule has 0 aromatic carbocycles. The van der Waals surface area contributed by atoms with Crippen LogP contribution in [0.1, 0.15) is 51.4 Å². The third kappa shape index (κ3) is 2.11. The van der Waals surface area contributed by atoms with Crippen LogP contribution in [-0.2, 0) is 4.79 Å². The van der Waals surface area contributed by atoms with Crippen molar-refractivity contribution in [1.82, 2.24) is 0 Å². The molecule has 2 rings (SSSR count). The van der Waals surface area contributed by atoms with Crippen molar-refractivity contribution in [1.29, 1.82) is 0 Å². The molecule has 2 fully saturated rings. The molecule has 2 aliphatic carbocycles. The number of Topliss-reactive ketones (excluding diaryl/α,β-unsaturated/α-hetero) is 1. The molecule has 0 spiro atoms. The summed E-state index contributed by atoms with van der Waals surface area (Å²) in [6.45, 7) is 0. The highest BCUT2D eigenvalue weighted by Crippen LogP contribution is 2.37. The zero-order valence-electron chi connectivity index (χ0n) is 8.09. The maximum absolute atomic E-state index is 11.7. The molecule has 0 saturated heterocycles. The highest BCUT2D eigenvalue weighted by molar-refractivity contribution is 5.87. The number of ketones is 1. The fourth-order valence-electron chi connectivity index (χ4n) is 2.19. The van der Waals surface area contributed by atoms with E-state index in [1.165, 1.54) is 19.3 Å². The summed E-state index contributed by atoms with van der Waals surface area (Å²) in [6, 6.07) is 0. The van der Waals surface area contributed by atoms with E-state index in [2.05, 4.69) is 0 Å². The molecule has 0 unspecified atom stereocenters. The second-order valence-electron chi connectivity index (χ2n) is 4.66. The Kier molecular flexibility index (Phi) is 2.41. The van der Waals surface area contributed by atoms with Crippen molar-refractivity contribution in [3.05, 3.63) is 0 Å². The van der Waals surface area contributed by atoms with Crippen LogP contribution < -0.4 is 0 Å². The monoisotopic (exact) mass is 182 g/mol. The van der Waals surface area contributed by atoms with E-state index >= 15 is 0 Å². The number of carbonyl (C=O) groups excluding carboxylic acids is 1. The van der Waals surface area contributed by atoms with Crippen LogP contribution in [-0.4, -0.2) is 16.5 Å². The van der Waals surface area contributed by atoms with Gasteiger partial charge in [0, 0.05) is 6.42 Å². The van der Waals surface area contributed by atoms with Gasteiger partial charge in [-0.1, -0.05) is 19.3 Å². The summed E-state index contributed by atoms with van der Waals surface area (Å²) < 4.78 is 0. The lowest BCUT2D eigenvalue weighted by Gasteiger charge is -2.30. The minimum Gasteiger partial charge on any atom is -0.382 e. The molecule has 0 heterocycles. The van der Waals surface area contributed by atoms with E-state index in [9.17, 15) is 9.90 Å². The summed E-state index contributed by atoms with van der Waals surface area (Å²) in [5.74, 6) is 0.730. The Bertz CT molecular complexity index is 200. The van der Waals surface area contributed by atoms with Gasteiger partial charge in [0.1, 0.15) is 5.60 Å². The van der Waals surface area contributed by atoms with Crippen LogP contribution in [0.3, 0.4) is 0 Å². The second-order valence-corrected chi connectivity index (χ2v) is 4.66. The standard InChI is InChI=1S/C11H18O2/c12-10(8-9-4-5-9)11(13)6-2-1-3-7-11/h9,13H,1-8H2. The first kappa shape index (κ1) is 9.20. The second kappa shape index (κ2) is 3.41. The highest BCUT2D eigenvalue weighted by Gasteiger charge is 2.39. The zero-order chi connectivity index (χ0) is 9.31. The maximum atomic E-state index is 11.7. The number of carbonyl (C=O) groups is 1. The van der Waals surface area contributed by atoms with E-state index in [-0.39, 0.29) is 5.78 Å². The van der Waals surface area contributed by atoms with Crippen molar-refractivity contribution < 1.29 is 9.90 Å². The van der Waals surface area contributed by atoms with Crippen molar-refractivity contribution in [2.75, 3.05) is 0 Å². The summed E-state index contributed by atoms with van der Waals surface area (Å²) in [7, 11) is 0. The van der Waals surface area contributed by atoms with Crippen molar-refractivity contribution in [2.45, 2.75) is 57.0 Å². The molecular weight excluding hydrogens is 164 g/mol. The molecule has 0 aromatic heterocycles.